The normalized spacial score (nSPS) is 11.3. The van der Waals surface area contributed by atoms with Crippen LogP contribution >= 0.6 is 0 Å². The molecule has 0 bridgehead atoms. The van der Waals surface area contributed by atoms with Crippen LogP contribution in [0.4, 0.5) is 0 Å². The zero-order valence-corrected chi connectivity index (χ0v) is 10.8. The molecule has 0 aliphatic heterocycles. The Morgan fingerprint density at radius 1 is 1.33 bits per heavy atom. The molecule has 0 spiro atoms. The maximum Gasteiger partial charge on any atom is 0.151 e. The molecule has 98 valence electrons. The van der Waals surface area contributed by atoms with E-state index in [4.69, 9.17) is 8.94 Å². The summed E-state index contributed by atoms with van der Waals surface area (Å²) in [5.74, 6) is 1.82. The van der Waals surface area contributed by atoms with Crippen LogP contribution in [0.1, 0.15) is 24.1 Å². The molecule has 0 saturated heterocycles. The van der Waals surface area contributed by atoms with E-state index < -0.39 is 0 Å². The molecule has 18 heavy (non-hydrogen) atoms. The number of nitrogens with one attached hydrogen (secondary N) is 1. The second-order valence-electron chi connectivity index (χ2n) is 4.32. The zero-order chi connectivity index (χ0) is 12.8. The van der Waals surface area contributed by atoms with E-state index in [1.807, 2.05) is 25.2 Å². The van der Waals surface area contributed by atoms with Gasteiger partial charge in [-0.3, -0.25) is 4.90 Å². The Labute approximate surface area is 107 Å². The lowest BCUT2D eigenvalue weighted by Gasteiger charge is -2.12. The number of aromatic nitrogens is 1. The highest BCUT2D eigenvalue weighted by Crippen LogP contribution is 2.09. The largest absolute Gasteiger partial charge is 0.468 e. The molecule has 0 unspecified atom stereocenters. The van der Waals surface area contributed by atoms with Crippen LogP contribution in [0.3, 0.4) is 0 Å². The fourth-order valence-corrected chi connectivity index (χ4v) is 1.76. The molecule has 0 radical (unpaired) electrons. The molecule has 0 amide bonds. The van der Waals surface area contributed by atoms with Gasteiger partial charge in [-0.25, -0.2) is 0 Å². The third-order valence-electron chi connectivity index (χ3n) is 2.60. The van der Waals surface area contributed by atoms with Crippen molar-refractivity contribution < 1.29 is 8.94 Å². The molecule has 0 aliphatic carbocycles. The van der Waals surface area contributed by atoms with Crippen molar-refractivity contribution in [1.82, 2.24) is 15.4 Å². The van der Waals surface area contributed by atoms with Gasteiger partial charge < -0.3 is 14.3 Å². The van der Waals surface area contributed by atoms with Gasteiger partial charge in [-0.2, -0.15) is 0 Å². The summed E-state index contributed by atoms with van der Waals surface area (Å²) in [6, 6.07) is 5.85. The van der Waals surface area contributed by atoms with E-state index in [0.717, 1.165) is 43.4 Å². The molecule has 0 aliphatic rings. The van der Waals surface area contributed by atoms with E-state index in [9.17, 15) is 0 Å². The average Bonchev–Trinajstić information content (AvgIpc) is 2.98. The summed E-state index contributed by atoms with van der Waals surface area (Å²) in [7, 11) is 2.02. The molecule has 0 aromatic carbocycles. The summed E-state index contributed by atoms with van der Waals surface area (Å²) in [6.45, 7) is 5.23. The van der Waals surface area contributed by atoms with Gasteiger partial charge in [0.25, 0.3) is 0 Å². The van der Waals surface area contributed by atoms with Gasteiger partial charge in [0, 0.05) is 12.6 Å². The van der Waals surface area contributed by atoms with Crippen molar-refractivity contribution in [2.24, 2.45) is 0 Å². The maximum atomic E-state index is 5.30. The minimum atomic E-state index is 0.722. The lowest BCUT2D eigenvalue weighted by Crippen LogP contribution is -2.16. The van der Waals surface area contributed by atoms with Gasteiger partial charge in [0.15, 0.2) is 5.76 Å². The van der Waals surface area contributed by atoms with Crippen LogP contribution < -0.4 is 5.32 Å². The van der Waals surface area contributed by atoms with Gasteiger partial charge in [-0.15, -0.1) is 0 Å². The Morgan fingerprint density at radius 2 is 2.17 bits per heavy atom. The Bertz CT molecular complexity index is 451. The number of nitrogens with zero attached hydrogens (tertiary/aromatic N) is 2. The Balaban J connectivity index is 1.83. The van der Waals surface area contributed by atoms with Crippen LogP contribution in [-0.4, -0.2) is 23.6 Å². The Hall–Kier alpha value is -1.59. The first kappa shape index (κ1) is 12.9. The highest BCUT2D eigenvalue weighted by molar-refractivity contribution is 5.05. The van der Waals surface area contributed by atoms with E-state index in [1.165, 1.54) is 0 Å². The van der Waals surface area contributed by atoms with Crippen molar-refractivity contribution in [2.75, 3.05) is 13.6 Å². The number of furan rings is 1. The van der Waals surface area contributed by atoms with Gasteiger partial charge in [0.2, 0.25) is 0 Å². The Kier molecular flexibility index (Phi) is 4.55. The minimum absolute atomic E-state index is 0.722. The fourth-order valence-electron chi connectivity index (χ4n) is 1.76. The monoisotopic (exact) mass is 249 g/mol. The maximum absolute atomic E-state index is 5.30. The molecule has 1 N–H and O–H groups in total. The van der Waals surface area contributed by atoms with E-state index in [1.54, 1.807) is 6.26 Å². The van der Waals surface area contributed by atoms with Crippen molar-refractivity contribution in [3.8, 4) is 0 Å². The van der Waals surface area contributed by atoms with Gasteiger partial charge >= 0.3 is 0 Å². The third kappa shape index (κ3) is 3.72. The summed E-state index contributed by atoms with van der Waals surface area (Å²) in [4.78, 5) is 2.12. The number of hydrogen-bond donors (Lipinski definition) is 1. The second kappa shape index (κ2) is 6.37. The molecule has 2 aromatic rings. The van der Waals surface area contributed by atoms with E-state index in [2.05, 4.69) is 22.3 Å². The van der Waals surface area contributed by atoms with Crippen LogP contribution in [0, 0.1) is 0 Å². The first-order valence-electron chi connectivity index (χ1n) is 6.14. The highest BCUT2D eigenvalue weighted by atomic mass is 16.5. The van der Waals surface area contributed by atoms with E-state index in [-0.39, 0.29) is 0 Å². The summed E-state index contributed by atoms with van der Waals surface area (Å²) < 4.78 is 10.6. The lowest BCUT2D eigenvalue weighted by molar-refractivity contribution is 0.248. The lowest BCUT2D eigenvalue weighted by atomic mass is 10.3. The summed E-state index contributed by atoms with van der Waals surface area (Å²) in [5, 5.41) is 7.23. The smallest absolute Gasteiger partial charge is 0.151 e. The minimum Gasteiger partial charge on any atom is -0.468 e. The summed E-state index contributed by atoms with van der Waals surface area (Å²) in [6.07, 6.45) is 1.69. The van der Waals surface area contributed by atoms with Crippen molar-refractivity contribution >= 4 is 0 Å². The highest BCUT2D eigenvalue weighted by Gasteiger charge is 2.08. The summed E-state index contributed by atoms with van der Waals surface area (Å²) >= 11 is 0. The van der Waals surface area contributed by atoms with Gasteiger partial charge in [0.1, 0.15) is 5.76 Å². The van der Waals surface area contributed by atoms with Gasteiger partial charge in [0.05, 0.1) is 25.0 Å². The van der Waals surface area contributed by atoms with Crippen LogP contribution in [-0.2, 0) is 19.6 Å². The number of hydrogen-bond acceptors (Lipinski definition) is 5. The van der Waals surface area contributed by atoms with Gasteiger partial charge in [-0.1, -0.05) is 12.1 Å². The molecule has 5 nitrogen and oxygen atoms in total. The van der Waals surface area contributed by atoms with Crippen LogP contribution in [0.5, 0.6) is 0 Å². The van der Waals surface area contributed by atoms with Crippen LogP contribution in [0.15, 0.2) is 33.4 Å². The second-order valence-corrected chi connectivity index (χ2v) is 4.32. The first-order valence-corrected chi connectivity index (χ1v) is 6.14. The topological polar surface area (TPSA) is 54.4 Å². The standard InChI is InChI=1S/C13H19N3O2/c1-3-14-8-11-7-13(18-15-11)10-16(2)9-12-5-4-6-17-12/h4-7,14H,3,8-10H2,1-2H3. The predicted octanol–water partition coefficient (Wildman–Crippen LogP) is 2.01. The molecule has 0 atom stereocenters. The third-order valence-corrected chi connectivity index (χ3v) is 2.60. The van der Waals surface area contributed by atoms with Crippen LogP contribution in [0.2, 0.25) is 0 Å². The van der Waals surface area contributed by atoms with Crippen LogP contribution in [0.25, 0.3) is 0 Å². The molecular formula is C13H19N3O2. The Morgan fingerprint density at radius 3 is 2.89 bits per heavy atom. The van der Waals surface area contributed by atoms with Crippen molar-refractivity contribution in [3.63, 3.8) is 0 Å². The zero-order valence-electron chi connectivity index (χ0n) is 10.8. The molecule has 5 heteroatoms. The molecule has 2 rings (SSSR count). The average molecular weight is 249 g/mol. The van der Waals surface area contributed by atoms with Crippen molar-refractivity contribution in [2.45, 2.75) is 26.6 Å². The molecular weight excluding hydrogens is 230 g/mol. The van der Waals surface area contributed by atoms with E-state index in [0.29, 0.717) is 0 Å². The SMILES string of the molecule is CCNCc1cc(CN(C)Cc2ccco2)on1. The van der Waals surface area contributed by atoms with Gasteiger partial charge in [-0.05, 0) is 25.7 Å². The van der Waals surface area contributed by atoms with E-state index >= 15 is 0 Å². The molecule has 2 aromatic heterocycles. The fraction of sp³-hybridized carbons (Fsp3) is 0.462. The molecule has 0 fully saturated rings. The van der Waals surface area contributed by atoms with Crippen molar-refractivity contribution in [3.05, 3.63) is 41.7 Å². The quantitative estimate of drug-likeness (QED) is 0.813. The first-order chi connectivity index (χ1) is 8.78. The molecule has 0 saturated carbocycles. The number of rotatable bonds is 7. The summed E-state index contributed by atoms with van der Waals surface area (Å²) in [5.41, 5.74) is 0.943. The molecule has 2 heterocycles. The van der Waals surface area contributed by atoms with Crippen molar-refractivity contribution in [1.29, 1.82) is 0 Å². The predicted molar refractivity (Wildman–Crippen MR) is 67.8 cm³/mol.